The minimum absolute atomic E-state index is 0.110. The van der Waals surface area contributed by atoms with Crippen molar-refractivity contribution in [1.29, 1.82) is 0 Å². The van der Waals surface area contributed by atoms with E-state index in [1.54, 1.807) is 6.92 Å². The molecule has 2 aromatic rings. The number of nitro groups is 1. The predicted molar refractivity (Wildman–Crippen MR) is 122 cm³/mol. The second kappa shape index (κ2) is 9.47. The summed E-state index contributed by atoms with van der Waals surface area (Å²) in [4.78, 5) is 23.7. The fraction of sp³-hybridized carbons (Fsp3) is 0.409. The Morgan fingerprint density at radius 2 is 1.71 bits per heavy atom. The van der Waals surface area contributed by atoms with Gasteiger partial charge in [0, 0.05) is 12.1 Å². The maximum atomic E-state index is 13.1. The summed E-state index contributed by atoms with van der Waals surface area (Å²) < 4.78 is 26.1. The van der Waals surface area contributed by atoms with Gasteiger partial charge < -0.3 is 5.32 Å². The van der Waals surface area contributed by atoms with Crippen LogP contribution in [0, 0.1) is 30.9 Å². The number of nitrogens with zero attached hydrogens (tertiary/aromatic N) is 2. The first-order valence-electron chi connectivity index (χ1n) is 9.98. The number of nitro benzene ring substituents is 1. The molecule has 0 unspecified atom stereocenters. The molecular formula is C22H29N3O5S. The third kappa shape index (κ3) is 5.61. The molecule has 0 saturated heterocycles. The number of non-ortho nitro benzene ring substituents is 1. The zero-order valence-electron chi connectivity index (χ0n) is 18.7. The van der Waals surface area contributed by atoms with Gasteiger partial charge in [0.2, 0.25) is 15.9 Å². The van der Waals surface area contributed by atoms with Gasteiger partial charge in [0.1, 0.15) is 6.04 Å². The molecule has 1 N–H and O–H groups in total. The van der Waals surface area contributed by atoms with Crippen LogP contribution in [-0.2, 0) is 14.8 Å². The monoisotopic (exact) mass is 447 g/mol. The second-order valence-corrected chi connectivity index (χ2v) is 9.64. The summed E-state index contributed by atoms with van der Waals surface area (Å²) in [5, 5.41) is 14.1. The van der Waals surface area contributed by atoms with Crippen LogP contribution in [0.4, 0.5) is 11.4 Å². The van der Waals surface area contributed by atoms with Crippen LogP contribution in [-0.4, -0.2) is 31.5 Å². The van der Waals surface area contributed by atoms with E-state index in [-0.39, 0.29) is 17.4 Å². The number of benzene rings is 2. The lowest BCUT2D eigenvalue weighted by Gasteiger charge is -2.30. The molecule has 0 aliphatic heterocycles. The van der Waals surface area contributed by atoms with Crippen molar-refractivity contribution in [3.05, 3.63) is 68.8 Å². The second-order valence-electron chi connectivity index (χ2n) is 7.78. The zero-order chi connectivity index (χ0) is 23.5. The summed E-state index contributed by atoms with van der Waals surface area (Å²) in [6, 6.07) is 8.50. The number of hydrogen-bond donors (Lipinski definition) is 1. The van der Waals surface area contributed by atoms with E-state index < -0.39 is 26.9 Å². The van der Waals surface area contributed by atoms with Crippen molar-refractivity contribution in [1.82, 2.24) is 5.32 Å². The predicted octanol–water partition coefficient (Wildman–Crippen LogP) is 3.94. The summed E-state index contributed by atoms with van der Waals surface area (Å²) in [6.07, 6.45) is 1.60. The molecular weight excluding hydrogens is 418 g/mol. The van der Waals surface area contributed by atoms with Gasteiger partial charge in [0.25, 0.3) is 5.69 Å². The minimum atomic E-state index is -3.90. The van der Waals surface area contributed by atoms with Crippen molar-refractivity contribution in [3.8, 4) is 0 Å². The summed E-state index contributed by atoms with van der Waals surface area (Å²) in [5.41, 5.74) is 3.55. The quantitative estimate of drug-likeness (QED) is 0.487. The maximum Gasteiger partial charge on any atom is 0.271 e. The molecule has 2 rings (SSSR count). The molecule has 0 aliphatic rings. The number of aryl methyl sites for hydroxylation is 3. The van der Waals surface area contributed by atoms with E-state index in [2.05, 4.69) is 5.32 Å². The molecule has 2 atom stereocenters. The lowest BCUT2D eigenvalue weighted by Crippen LogP contribution is -2.48. The van der Waals surface area contributed by atoms with Gasteiger partial charge in [-0.05, 0) is 56.4 Å². The van der Waals surface area contributed by atoms with Crippen molar-refractivity contribution >= 4 is 27.3 Å². The molecule has 1 amide bonds. The number of carbonyl (C=O) groups excluding carboxylic acids is 1. The average molecular weight is 448 g/mol. The Kier molecular flexibility index (Phi) is 7.43. The molecule has 9 heteroatoms. The van der Waals surface area contributed by atoms with Gasteiger partial charge in [-0.3, -0.25) is 19.2 Å². The lowest BCUT2D eigenvalue weighted by atomic mass is 9.99. The first-order chi connectivity index (χ1) is 14.4. The van der Waals surface area contributed by atoms with Crippen molar-refractivity contribution in [2.45, 2.75) is 53.1 Å². The number of nitrogens with one attached hydrogen (secondary N) is 1. The van der Waals surface area contributed by atoms with Crippen LogP contribution in [0.1, 0.15) is 48.6 Å². The molecule has 0 fully saturated rings. The fourth-order valence-corrected chi connectivity index (χ4v) is 4.65. The molecule has 0 bridgehead atoms. The summed E-state index contributed by atoms with van der Waals surface area (Å²) in [5.74, 6) is -0.485. The van der Waals surface area contributed by atoms with E-state index >= 15 is 0 Å². The van der Waals surface area contributed by atoms with Gasteiger partial charge in [-0.1, -0.05) is 31.2 Å². The molecule has 0 spiro atoms. The Morgan fingerprint density at radius 1 is 1.10 bits per heavy atom. The Hall–Kier alpha value is -2.94. The number of anilines is 1. The highest BCUT2D eigenvalue weighted by Gasteiger charge is 2.32. The van der Waals surface area contributed by atoms with Crippen molar-refractivity contribution < 1.29 is 18.1 Å². The largest absolute Gasteiger partial charge is 0.347 e. The number of carbonyl (C=O) groups is 1. The molecule has 168 valence electrons. The Labute approximate surface area is 183 Å². The molecule has 0 aromatic heterocycles. The van der Waals surface area contributed by atoms with E-state index in [1.807, 2.05) is 39.0 Å². The van der Waals surface area contributed by atoms with Crippen molar-refractivity contribution in [2.75, 3.05) is 10.6 Å². The number of hydrogen-bond acceptors (Lipinski definition) is 5. The van der Waals surface area contributed by atoms with Crippen LogP contribution in [0.15, 0.2) is 36.4 Å². The summed E-state index contributed by atoms with van der Waals surface area (Å²) >= 11 is 0. The smallest absolute Gasteiger partial charge is 0.271 e. The van der Waals surface area contributed by atoms with Gasteiger partial charge in [-0.25, -0.2) is 8.42 Å². The SMILES string of the molecule is CC[C@H](NC(=O)[C@H](C)N(c1cc([N+](=O)[O-])ccc1C)S(C)(=O)=O)c1ccc(C)c(C)c1. The van der Waals surface area contributed by atoms with Crippen LogP contribution in [0.5, 0.6) is 0 Å². The first-order valence-corrected chi connectivity index (χ1v) is 11.8. The standard InChI is InChI=1S/C22H29N3O5S/c1-7-20(18-10-8-14(2)16(4)12-18)23-22(26)17(5)24(31(6,29)30)21-13-19(25(27)28)11-9-15(21)3/h8-13,17,20H,7H2,1-6H3,(H,23,26)/t17-,20-/m0/s1. The van der Waals surface area contributed by atoms with Crippen molar-refractivity contribution in [3.63, 3.8) is 0 Å². The van der Waals surface area contributed by atoms with Crippen molar-refractivity contribution in [2.24, 2.45) is 0 Å². The van der Waals surface area contributed by atoms with Crippen LogP contribution in [0.25, 0.3) is 0 Å². The molecule has 8 nitrogen and oxygen atoms in total. The van der Waals surface area contributed by atoms with Crippen LogP contribution < -0.4 is 9.62 Å². The Bertz CT molecular complexity index is 1100. The van der Waals surface area contributed by atoms with Gasteiger partial charge in [-0.15, -0.1) is 0 Å². The first kappa shape index (κ1) is 24.3. The number of sulfonamides is 1. The van der Waals surface area contributed by atoms with E-state index in [0.29, 0.717) is 12.0 Å². The number of amides is 1. The fourth-order valence-electron chi connectivity index (χ4n) is 3.42. The lowest BCUT2D eigenvalue weighted by molar-refractivity contribution is -0.384. The number of rotatable bonds is 8. The normalized spacial score (nSPS) is 13.4. The Morgan fingerprint density at radius 3 is 2.23 bits per heavy atom. The molecule has 0 aliphatic carbocycles. The van der Waals surface area contributed by atoms with Gasteiger partial charge in [0.15, 0.2) is 0 Å². The molecule has 0 heterocycles. The topological polar surface area (TPSA) is 110 Å². The molecule has 2 aromatic carbocycles. The maximum absolute atomic E-state index is 13.1. The van der Waals surface area contributed by atoms with Crippen LogP contribution in [0.2, 0.25) is 0 Å². The van der Waals surface area contributed by atoms with E-state index in [4.69, 9.17) is 0 Å². The van der Waals surface area contributed by atoms with Gasteiger partial charge in [-0.2, -0.15) is 0 Å². The van der Waals surface area contributed by atoms with Crippen LogP contribution >= 0.6 is 0 Å². The highest BCUT2D eigenvalue weighted by Crippen LogP contribution is 2.30. The highest BCUT2D eigenvalue weighted by atomic mass is 32.2. The minimum Gasteiger partial charge on any atom is -0.347 e. The molecule has 31 heavy (non-hydrogen) atoms. The van der Waals surface area contributed by atoms with E-state index in [9.17, 15) is 23.3 Å². The van der Waals surface area contributed by atoms with Gasteiger partial charge in [0.05, 0.1) is 22.9 Å². The summed E-state index contributed by atoms with van der Waals surface area (Å²) in [6.45, 7) is 9.05. The van der Waals surface area contributed by atoms with E-state index in [0.717, 1.165) is 27.3 Å². The molecule has 0 radical (unpaired) electrons. The highest BCUT2D eigenvalue weighted by molar-refractivity contribution is 7.92. The third-order valence-corrected chi connectivity index (χ3v) is 6.62. The zero-order valence-corrected chi connectivity index (χ0v) is 19.5. The summed E-state index contributed by atoms with van der Waals surface area (Å²) in [7, 11) is -3.90. The van der Waals surface area contributed by atoms with Gasteiger partial charge >= 0.3 is 0 Å². The van der Waals surface area contributed by atoms with Crippen LogP contribution in [0.3, 0.4) is 0 Å². The average Bonchev–Trinajstić information content (AvgIpc) is 2.68. The molecule has 0 saturated carbocycles. The van der Waals surface area contributed by atoms with E-state index in [1.165, 1.54) is 25.1 Å². The Balaban J connectivity index is 2.40. The third-order valence-electron chi connectivity index (χ3n) is 5.39.